The van der Waals surface area contributed by atoms with Gasteiger partial charge in [0.1, 0.15) is 5.82 Å². The summed E-state index contributed by atoms with van der Waals surface area (Å²) in [6.45, 7) is 6.83. The predicted octanol–water partition coefficient (Wildman–Crippen LogP) is 1.26. The summed E-state index contributed by atoms with van der Waals surface area (Å²) in [5, 5.41) is 11.9. The summed E-state index contributed by atoms with van der Waals surface area (Å²) in [6, 6.07) is 3.68. The number of amidine groups is 1. The molecule has 3 N–H and O–H groups in total. The molecule has 1 rings (SSSR count). The van der Waals surface area contributed by atoms with Crippen LogP contribution in [0.2, 0.25) is 0 Å². The van der Waals surface area contributed by atoms with Crippen LogP contribution >= 0.6 is 0 Å². The van der Waals surface area contributed by atoms with Crippen LogP contribution in [0.5, 0.6) is 0 Å². The summed E-state index contributed by atoms with van der Waals surface area (Å²) < 4.78 is 0. The van der Waals surface area contributed by atoms with Crippen LogP contribution in [0.3, 0.4) is 0 Å². The molecule has 0 aromatic carbocycles. The van der Waals surface area contributed by atoms with Gasteiger partial charge in [0.25, 0.3) is 0 Å². The summed E-state index contributed by atoms with van der Waals surface area (Å²) in [6.07, 6.45) is 1.04. The lowest BCUT2D eigenvalue weighted by atomic mass is 10.2. The molecule has 0 radical (unpaired) electrons. The second-order valence-corrected chi connectivity index (χ2v) is 5.13. The fourth-order valence-electron chi connectivity index (χ4n) is 1.95. The van der Waals surface area contributed by atoms with Gasteiger partial charge in [0.2, 0.25) is 0 Å². The van der Waals surface area contributed by atoms with Crippen molar-refractivity contribution in [3.63, 3.8) is 0 Å². The van der Waals surface area contributed by atoms with Gasteiger partial charge in [-0.25, -0.2) is 4.98 Å². The maximum Gasteiger partial charge on any atom is 0.170 e. The molecular formula is C14H25N5O. The highest BCUT2D eigenvalue weighted by atomic mass is 16.4. The predicted molar refractivity (Wildman–Crippen MR) is 82.5 cm³/mol. The summed E-state index contributed by atoms with van der Waals surface area (Å²) in [5.74, 6) is 0.983. The molecule has 1 heterocycles. The van der Waals surface area contributed by atoms with Crippen molar-refractivity contribution in [1.29, 1.82) is 0 Å². The number of anilines is 1. The molecule has 0 amide bonds. The van der Waals surface area contributed by atoms with E-state index in [1.807, 2.05) is 19.1 Å². The van der Waals surface area contributed by atoms with Crippen LogP contribution < -0.4 is 10.6 Å². The summed E-state index contributed by atoms with van der Waals surface area (Å²) >= 11 is 0. The van der Waals surface area contributed by atoms with Crippen molar-refractivity contribution in [2.24, 2.45) is 10.9 Å². The van der Waals surface area contributed by atoms with Crippen molar-refractivity contribution in [2.75, 3.05) is 38.6 Å². The Bertz CT molecular complexity index is 459. The van der Waals surface area contributed by atoms with Gasteiger partial charge in [-0.1, -0.05) is 12.1 Å². The monoisotopic (exact) mass is 279 g/mol. The van der Waals surface area contributed by atoms with Gasteiger partial charge >= 0.3 is 0 Å². The second kappa shape index (κ2) is 7.69. The van der Waals surface area contributed by atoms with Gasteiger partial charge in [-0.2, -0.15) is 0 Å². The number of nitrogens with two attached hydrogens (primary N) is 1. The van der Waals surface area contributed by atoms with E-state index in [0.29, 0.717) is 5.56 Å². The van der Waals surface area contributed by atoms with Crippen molar-refractivity contribution in [3.8, 4) is 0 Å². The van der Waals surface area contributed by atoms with E-state index in [1.165, 1.54) is 0 Å². The number of pyridine rings is 1. The number of oxime groups is 1. The quantitative estimate of drug-likeness (QED) is 0.340. The lowest BCUT2D eigenvalue weighted by Gasteiger charge is -2.25. The van der Waals surface area contributed by atoms with E-state index >= 15 is 0 Å². The molecule has 20 heavy (non-hydrogen) atoms. The summed E-state index contributed by atoms with van der Waals surface area (Å²) in [5.41, 5.74) is 7.23. The van der Waals surface area contributed by atoms with Crippen LogP contribution in [0.4, 0.5) is 5.82 Å². The van der Waals surface area contributed by atoms with Gasteiger partial charge in [-0.3, -0.25) is 0 Å². The summed E-state index contributed by atoms with van der Waals surface area (Å²) in [7, 11) is 4.10. The maximum absolute atomic E-state index is 8.81. The summed E-state index contributed by atoms with van der Waals surface area (Å²) in [4.78, 5) is 8.93. The van der Waals surface area contributed by atoms with E-state index in [4.69, 9.17) is 10.9 Å². The molecule has 0 aliphatic carbocycles. The lowest BCUT2D eigenvalue weighted by molar-refractivity contribution is 0.318. The molecule has 6 heteroatoms. The zero-order chi connectivity index (χ0) is 15.1. The average Bonchev–Trinajstić information content (AvgIpc) is 2.41. The number of aromatic nitrogens is 1. The molecule has 0 saturated heterocycles. The highest BCUT2D eigenvalue weighted by Crippen LogP contribution is 2.15. The molecule has 0 fully saturated rings. The third-order valence-electron chi connectivity index (χ3n) is 2.98. The SMILES string of the molecule is CCCN(CCN(C)C)c1cc(/C(N)=N/O)cc(C)n1. The Morgan fingerprint density at radius 2 is 2.00 bits per heavy atom. The van der Waals surface area contributed by atoms with Crippen LogP contribution in [0.1, 0.15) is 24.6 Å². The number of hydrogen-bond donors (Lipinski definition) is 2. The van der Waals surface area contributed by atoms with Gasteiger partial charge in [-0.15, -0.1) is 0 Å². The minimum atomic E-state index is 0.112. The molecule has 6 nitrogen and oxygen atoms in total. The number of nitrogens with zero attached hydrogens (tertiary/aromatic N) is 4. The van der Waals surface area contributed by atoms with E-state index in [0.717, 1.165) is 37.6 Å². The van der Waals surface area contributed by atoms with Crippen molar-refractivity contribution < 1.29 is 5.21 Å². The van der Waals surface area contributed by atoms with Crippen molar-refractivity contribution in [1.82, 2.24) is 9.88 Å². The zero-order valence-corrected chi connectivity index (χ0v) is 12.8. The van der Waals surface area contributed by atoms with Crippen LogP contribution in [-0.2, 0) is 0 Å². The number of aryl methyl sites for hydroxylation is 1. The van der Waals surface area contributed by atoms with Gasteiger partial charge in [0, 0.05) is 30.9 Å². The molecule has 0 aliphatic rings. The van der Waals surface area contributed by atoms with E-state index in [2.05, 4.69) is 41.0 Å². The molecule has 0 bridgehead atoms. The number of rotatable bonds is 7. The van der Waals surface area contributed by atoms with Crippen LogP contribution in [-0.4, -0.2) is 54.7 Å². The average molecular weight is 279 g/mol. The molecule has 0 saturated carbocycles. The smallest absolute Gasteiger partial charge is 0.170 e. The Hall–Kier alpha value is -1.82. The van der Waals surface area contributed by atoms with Gasteiger partial charge in [0.15, 0.2) is 5.84 Å². The molecule has 0 atom stereocenters. The molecule has 1 aromatic rings. The molecule has 0 unspecified atom stereocenters. The second-order valence-electron chi connectivity index (χ2n) is 5.13. The molecule has 1 aromatic heterocycles. The Morgan fingerprint density at radius 1 is 1.30 bits per heavy atom. The Balaban J connectivity index is 3.03. The third-order valence-corrected chi connectivity index (χ3v) is 2.98. The fourth-order valence-corrected chi connectivity index (χ4v) is 1.95. The fraction of sp³-hybridized carbons (Fsp3) is 0.571. The lowest BCUT2D eigenvalue weighted by Crippen LogP contribution is -2.33. The van der Waals surface area contributed by atoms with Gasteiger partial charge in [-0.05, 0) is 39.6 Å². The molecule has 0 spiro atoms. The van der Waals surface area contributed by atoms with E-state index in [1.54, 1.807) is 0 Å². The largest absolute Gasteiger partial charge is 0.409 e. The first-order valence-electron chi connectivity index (χ1n) is 6.84. The normalized spacial score (nSPS) is 11.9. The topological polar surface area (TPSA) is 78.0 Å². The van der Waals surface area contributed by atoms with Crippen molar-refractivity contribution in [2.45, 2.75) is 20.3 Å². The first kappa shape index (κ1) is 16.2. The van der Waals surface area contributed by atoms with Crippen LogP contribution in [0, 0.1) is 6.92 Å². The maximum atomic E-state index is 8.81. The molecule has 112 valence electrons. The first-order chi connectivity index (χ1) is 9.47. The number of likely N-dealkylation sites (N-methyl/N-ethyl adjacent to an activating group) is 1. The van der Waals surface area contributed by atoms with Crippen molar-refractivity contribution in [3.05, 3.63) is 23.4 Å². The van der Waals surface area contributed by atoms with Crippen LogP contribution in [0.15, 0.2) is 17.3 Å². The Labute approximate surface area is 120 Å². The first-order valence-corrected chi connectivity index (χ1v) is 6.84. The minimum Gasteiger partial charge on any atom is -0.409 e. The standard InChI is InChI=1S/C14H25N5O/c1-5-6-19(8-7-18(3)4)13-10-12(14(15)17-20)9-11(2)16-13/h9-10,20H,5-8H2,1-4H3,(H2,15,17). The van der Waals surface area contributed by atoms with Crippen LogP contribution in [0.25, 0.3) is 0 Å². The Morgan fingerprint density at radius 3 is 2.55 bits per heavy atom. The molecular weight excluding hydrogens is 254 g/mol. The third kappa shape index (κ3) is 4.70. The van der Waals surface area contributed by atoms with Gasteiger partial charge < -0.3 is 20.7 Å². The Kier molecular flexibility index (Phi) is 6.24. The number of hydrogen-bond acceptors (Lipinski definition) is 5. The highest BCUT2D eigenvalue weighted by Gasteiger charge is 2.11. The van der Waals surface area contributed by atoms with Gasteiger partial charge in [0.05, 0.1) is 0 Å². The zero-order valence-electron chi connectivity index (χ0n) is 12.8. The van der Waals surface area contributed by atoms with E-state index < -0.39 is 0 Å². The minimum absolute atomic E-state index is 0.112. The van der Waals surface area contributed by atoms with E-state index in [-0.39, 0.29) is 5.84 Å². The molecule has 0 aliphatic heterocycles. The highest BCUT2D eigenvalue weighted by molar-refractivity contribution is 5.97. The van der Waals surface area contributed by atoms with E-state index in [9.17, 15) is 0 Å². The van der Waals surface area contributed by atoms with Crippen molar-refractivity contribution >= 4 is 11.7 Å².